The summed E-state index contributed by atoms with van der Waals surface area (Å²) >= 11 is 1.96. The molecule has 0 fully saturated rings. The van der Waals surface area contributed by atoms with Gasteiger partial charge in [-0.15, -0.1) is 0 Å². The number of rotatable bonds is 2. The van der Waals surface area contributed by atoms with Crippen molar-refractivity contribution in [2.45, 2.75) is 16.7 Å². The number of aromatic amines is 1. The van der Waals surface area contributed by atoms with Crippen LogP contribution in [0.25, 0.3) is 10.9 Å². The number of para-hydroxylation sites is 2. The highest BCUT2D eigenvalue weighted by molar-refractivity contribution is 8.00. The lowest BCUT2D eigenvalue weighted by Crippen LogP contribution is -2.26. The number of H-pyrrole nitrogens is 1. The van der Waals surface area contributed by atoms with Crippen LogP contribution in [-0.4, -0.2) is 12.4 Å². The molecule has 0 spiro atoms. The van der Waals surface area contributed by atoms with Crippen molar-refractivity contribution in [2.75, 3.05) is 11.9 Å². The van der Waals surface area contributed by atoms with Crippen molar-refractivity contribution in [3.8, 4) is 0 Å². The molecule has 1 aromatic heterocycles. The first-order valence-corrected chi connectivity index (χ1v) is 8.08. The van der Waals surface area contributed by atoms with Gasteiger partial charge in [0.05, 0.1) is 11.1 Å². The molecule has 1 N–H and O–H groups in total. The Morgan fingerprint density at radius 1 is 1.05 bits per heavy atom. The fraction of sp³-hybridized carbons (Fsp3) is 0.167. The lowest BCUT2D eigenvalue weighted by Gasteiger charge is -2.21. The molecular formula is C18H17N2S+. The summed E-state index contributed by atoms with van der Waals surface area (Å²) in [4.78, 5) is 7.10. The van der Waals surface area contributed by atoms with Crippen LogP contribution in [0.4, 0.5) is 5.69 Å². The van der Waals surface area contributed by atoms with Gasteiger partial charge in [-0.2, -0.15) is 0 Å². The Balaban J connectivity index is 1.68. The van der Waals surface area contributed by atoms with E-state index in [9.17, 15) is 0 Å². The predicted molar refractivity (Wildman–Crippen MR) is 88.7 cm³/mol. The average molecular weight is 293 g/mol. The summed E-state index contributed by atoms with van der Waals surface area (Å²) in [6, 6.07) is 19.4. The highest BCUT2D eigenvalue weighted by Gasteiger charge is 2.27. The molecule has 2 nitrogen and oxygen atoms in total. The maximum Gasteiger partial charge on any atom is 0.211 e. The normalized spacial score (nSPS) is 17.2. The minimum atomic E-state index is 0.466. The molecule has 0 bridgehead atoms. The molecule has 0 amide bonds. The Morgan fingerprint density at radius 3 is 2.76 bits per heavy atom. The van der Waals surface area contributed by atoms with Crippen molar-refractivity contribution in [1.29, 1.82) is 0 Å². The molecule has 2 heterocycles. The van der Waals surface area contributed by atoms with Crippen LogP contribution in [0.1, 0.15) is 5.56 Å². The third kappa shape index (κ3) is 2.18. The van der Waals surface area contributed by atoms with Gasteiger partial charge in [0.15, 0.2) is 6.20 Å². The van der Waals surface area contributed by atoms with Crippen LogP contribution in [0.3, 0.4) is 0 Å². The molecule has 2 aromatic carbocycles. The van der Waals surface area contributed by atoms with E-state index in [-0.39, 0.29) is 0 Å². The zero-order valence-electron chi connectivity index (χ0n) is 11.9. The van der Waals surface area contributed by atoms with Crippen LogP contribution >= 0.6 is 11.8 Å². The van der Waals surface area contributed by atoms with Crippen molar-refractivity contribution >= 4 is 28.4 Å². The molecule has 104 valence electrons. The molecule has 4 rings (SSSR count). The number of thioether (sulfide) groups is 1. The van der Waals surface area contributed by atoms with E-state index in [0.29, 0.717) is 5.37 Å². The summed E-state index contributed by atoms with van der Waals surface area (Å²) in [5.41, 5.74) is 3.96. The summed E-state index contributed by atoms with van der Waals surface area (Å²) in [5.74, 6) is 0. The molecule has 1 aliphatic heterocycles. The summed E-state index contributed by atoms with van der Waals surface area (Å²) in [7, 11) is 2.20. The smallest absolute Gasteiger partial charge is 0.211 e. The summed E-state index contributed by atoms with van der Waals surface area (Å²) in [6.45, 7) is 0. The van der Waals surface area contributed by atoms with Gasteiger partial charge in [0, 0.05) is 35.9 Å². The minimum Gasteiger partial charge on any atom is -0.361 e. The van der Waals surface area contributed by atoms with E-state index >= 15 is 0 Å². The van der Waals surface area contributed by atoms with E-state index in [1.165, 1.54) is 27.0 Å². The van der Waals surface area contributed by atoms with Crippen LogP contribution in [0.15, 0.2) is 65.7 Å². The SMILES string of the molecule is CN1c2ccccc2SC1Cc1cc[nH+]c2ccccc12. The number of nitrogens with one attached hydrogen (secondary N) is 1. The summed E-state index contributed by atoms with van der Waals surface area (Å²) in [6.07, 6.45) is 3.09. The predicted octanol–water partition coefficient (Wildman–Crippen LogP) is 3.76. The number of benzene rings is 2. The van der Waals surface area contributed by atoms with Crippen LogP contribution < -0.4 is 9.88 Å². The number of nitrogens with zero attached hydrogens (tertiary/aromatic N) is 1. The van der Waals surface area contributed by atoms with E-state index in [2.05, 4.69) is 71.5 Å². The molecule has 21 heavy (non-hydrogen) atoms. The Labute approximate surface area is 128 Å². The largest absolute Gasteiger partial charge is 0.361 e. The zero-order chi connectivity index (χ0) is 14.2. The maximum absolute atomic E-state index is 3.32. The first-order valence-electron chi connectivity index (χ1n) is 7.20. The molecule has 3 aromatic rings. The number of anilines is 1. The summed E-state index contributed by atoms with van der Waals surface area (Å²) in [5, 5.41) is 1.79. The summed E-state index contributed by atoms with van der Waals surface area (Å²) < 4.78 is 0. The molecule has 1 aliphatic rings. The Morgan fingerprint density at radius 2 is 1.86 bits per heavy atom. The maximum atomic E-state index is 3.32. The van der Waals surface area contributed by atoms with E-state index in [1.807, 2.05) is 18.0 Å². The fourth-order valence-electron chi connectivity index (χ4n) is 2.98. The fourth-order valence-corrected chi connectivity index (χ4v) is 4.30. The van der Waals surface area contributed by atoms with Crippen LogP contribution in [0.5, 0.6) is 0 Å². The van der Waals surface area contributed by atoms with Crippen LogP contribution in [0.2, 0.25) is 0 Å². The standard InChI is InChI=1S/C18H16N2S/c1-20-16-8-4-5-9-17(16)21-18(20)12-13-10-11-19-15-7-3-2-6-14(13)15/h2-11,18H,12H2,1H3/p+1. The molecular weight excluding hydrogens is 276 g/mol. The Bertz CT molecular complexity index is 795. The molecule has 0 radical (unpaired) electrons. The zero-order valence-corrected chi connectivity index (χ0v) is 12.7. The monoisotopic (exact) mass is 293 g/mol. The first-order chi connectivity index (χ1) is 10.3. The number of likely N-dealkylation sites (N-methyl/N-ethyl adjacent to an activating group) is 1. The van der Waals surface area contributed by atoms with Crippen molar-refractivity contribution in [2.24, 2.45) is 0 Å². The second-order valence-electron chi connectivity index (χ2n) is 5.40. The second-order valence-corrected chi connectivity index (χ2v) is 6.62. The number of pyridine rings is 1. The number of aromatic nitrogens is 1. The van der Waals surface area contributed by atoms with Gasteiger partial charge in [-0.1, -0.05) is 36.0 Å². The van der Waals surface area contributed by atoms with Crippen LogP contribution in [0, 0.1) is 0 Å². The van der Waals surface area contributed by atoms with Crippen molar-refractivity contribution in [3.05, 3.63) is 66.4 Å². The van der Waals surface area contributed by atoms with Gasteiger partial charge in [0.1, 0.15) is 0 Å². The lowest BCUT2D eigenvalue weighted by molar-refractivity contribution is -0.344. The van der Waals surface area contributed by atoms with Gasteiger partial charge >= 0.3 is 0 Å². The van der Waals surface area contributed by atoms with Gasteiger partial charge in [-0.25, -0.2) is 4.98 Å². The first kappa shape index (κ1) is 12.7. The quantitative estimate of drug-likeness (QED) is 0.715. The van der Waals surface area contributed by atoms with Gasteiger partial charge < -0.3 is 4.90 Å². The molecule has 1 unspecified atom stereocenters. The van der Waals surface area contributed by atoms with Crippen molar-refractivity contribution < 1.29 is 4.98 Å². The van der Waals surface area contributed by atoms with E-state index in [0.717, 1.165) is 6.42 Å². The van der Waals surface area contributed by atoms with Gasteiger partial charge in [0.25, 0.3) is 0 Å². The average Bonchev–Trinajstić information content (AvgIpc) is 2.85. The topological polar surface area (TPSA) is 17.4 Å². The Kier molecular flexibility index (Phi) is 3.08. The highest BCUT2D eigenvalue weighted by Crippen LogP contribution is 2.43. The van der Waals surface area contributed by atoms with Gasteiger partial charge in [-0.05, 0) is 23.8 Å². The number of fused-ring (bicyclic) bond motifs is 2. The molecule has 0 saturated heterocycles. The molecule has 1 atom stereocenters. The molecule has 0 saturated carbocycles. The highest BCUT2D eigenvalue weighted by atomic mass is 32.2. The molecule has 0 aliphatic carbocycles. The van der Waals surface area contributed by atoms with Gasteiger partial charge in [-0.3, -0.25) is 0 Å². The Hall–Kier alpha value is -2.00. The number of hydrogen-bond acceptors (Lipinski definition) is 2. The second kappa shape index (κ2) is 5.08. The van der Waals surface area contributed by atoms with E-state index < -0.39 is 0 Å². The number of hydrogen-bond donors (Lipinski definition) is 0. The van der Waals surface area contributed by atoms with E-state index in [1.54, 1.807) is 0 Å². The third-order valence-electron chi connectivity index (χ3n) is 4.13. The van der Waals surface area contributed by atoms with Crippen LogP contribution in [-0.2, 0) is 6.42 Å². The van der Waals surface area contributed by atoms with Gasteiger partial charge in [0.2, 0.25) is 5.52 Å². The molecule has 3 heteroatoms. The minimum absolute atomic E-state index is 0.466. The third-order valence-corrected chi connectivity index (χ3v) is 5.49. The lowest BCUT2D eigenvalue weighted by atomic mass is 10.1. The van der Waals surface area contributed by atoms with Crippen molar-refractivity contribution in [1.82, 2.24) is 0 Å². The van der Waals surface area contributed by atoms with Crippen molar-refractivity contribution in [3.63, 3.8) is 0 Å². The van der Waals surface area contributed by atoms with E-state index in [4.69, 9.17) is 0 Å².